The number of ether oxygens (including phenoxy) is 1. The lowest BCUT2D eigenvalue weighted by Gasteiger charge is -2.10. The van der Waals surface area contributed by atoms with Crippen LogP contribution in [0.2, 0.25) is 0 Å². The molecule has 1 aromatic heterocycles. The Kier molecular flexibility index (Phi) is 3.34. The smallest absolute Gasteiger partial charge is 0.267 e. The van der Waals surface area contributed by atoms with Gasteiger partial charge < -0.3 is 10.5 Å². The van der Waals surface area contributed by atoms with Gasteiger partial charge in [0.05, 0.1) is 7.11 Å². The summed E-state index contributed by atoms with van der Waals surface area (Å²) < 4.78 is 31.5. The van der Waals surface area contributed by atoms with Crippen LogP contribution >= 0.6 is 11.3 Å². The van der Waals surface area contributed by atoms with E-state index >= 15 is 0 Å². The summed E-state index contributed by atoms with van der Waals surface area (Å²) in [6.07, 6.45) is 0. The van der Waals surface area contributed by atoms with E-state index in [0.717, 1.165) is 11.3 Å². The number of hydrogen-bond donors (Lipinski definition) is 2. The van der Waals surface area contributed by atoms with Crippen LogP contribution in [-0.4, -0.2) is 25.7 Å². The van der Waals surface area contributed by atoms with Crippen molar-refractivity contribution in [2.75, 3.05) is 17.6 Å². The van der Waals surface area contributed by atoms with Crippen molar-refractivity contribution in [3.05, 3.63) is 23.7 Å². The summed E-state index contributed by atoms with van der Waals surface area (Å²) in [5.74, 6) is 0.209. The molecule has 3 N–H and O–H groups in total. The molecule has 2 rings (SSSR count). The monoisotopic (exact) mass is 286 g/mol. The topological polar surface area (TPSA) is 107 Å². The van der Waals surface area contributed by atoms with Crippen molar-refractivity contribution < 1.29 is 13.2 Å². The molecule has 0 bridgehead atoms. The van der Waals surface area contributed by atoms with Gasteiger partial charge in [-0.05, 0) is 18.2 Å². The Hall–Kier alpha value is -1.87. The molecule has 0 amide bonds. The van der Waals surface area contributed by atoms with E-state index in [-0.39, 0.29) is 15.8 Å². The summed E-state index contributed by atoms with van der Waals surface area (Å²) in [6.45, 7) is 0. The molecule has 0 fully saturated rings. The Morgan fingerprint density at radius 1 is 1.44 bits per heavy atom. The quantitative estimate of drug-likeness (QED) is 0.810. The molecule has 1 heterocycles. The Morgan fingerprint density at radius 3 is 2.83 bits per heavy atom. The Labute approximate surface area is 108 Å². The standard InChI is InChI=1S/C9H10N4O3S2/c1-16-7-3-2-6(10)4-8(7)18(14,15)13-9-12-11-5-17-9/h2-5H,10H2,1H3,(H,12,13). The fourth-order valence-electron chi connectivity index (χ4n) is 1.29. The number of methoxy groups -OCH3 is 1. The lowest BCUT2D eigenvalue weighted by atomic mass is 10.3. The first kappa shape index (κ1) is 12.6. The third-order valence-corrected chi connectivity index (χ3v) is 4.15. The van der Waals surface area contributed by atoms with Crippen LogP contribution in [0.1, 0.15) is 0 Å². The molecule has 0 aliphatic rings. The average Bonchev–Trinajstić information content (AvgIpc) is 2.81. The molecule has 0 aliphatic heterocycles. The van der Waals surface area contributed by atoms with Gasteiger partial charge in [-0.1, -0.05) is 11.3 Å². The van der Waals surface area contributed by atoms with E-state index in [9.17, 15) is 8.42 Å². The number of rotatable bonds is 4. The van der Waals surface area contributed by atoms with E-state index in [4.69, 9.17) is 10.5 Å². The first-order chi connectivity index (χ1) is 8.53. The molecule has 0 saturated heterocycles. The zero-order valence-corrected chi connectivity index (χ0v) is 11.0. The molecule has 0 saturated carbocycles. The van der Waals surface area contributed by atoms with Crippen molar-refractivity contribution in [1.29, 1.82) is 0 Å². The fraction of sp³-hybridized carbons (Fsp3) is 0.111. The maximum Gasteiger partial charge on any atom is 0.267 e. The first-order valence-corrected chi connectivity index (χ1v) is 7.12. The number of anilines is 2. The van der Waals surface area contributed by atoms with Gasteiger partial charge in [0, 0.05) is 5.69 Å². The number of nitrogens with two attached hydrogens (primary N) is 1. The number of aromatic nitrogens is 2. The van der Waals surface area contributed by atoms with Gasteiger partial charge >= 0.3 is 0 Å². The van der Waals surface area contributed by atoms with Crippen LogP contribution < -0.4 is 15.2 Å². The molecule has 2 aromatic rings. The number of nitrogens with zero attached hydrogens (tertiary/aromatic N) is 2. The molecule has 0 aliphatic carbocycles. The van der Waals surface area contributed by atoms with E-state index in [2.05, 4.69) is 14.9 Å². The minimum absolute atomic E-state index is 0.0415. The second kappa shape index (κ2) is 4.78. The molecular weight excluding hydrogens is 276 g/mol. The molecule has 0 unspecified atom stereocenters. The lowest BCUT2D eigenvalue weighted by Crippen LogP contribution is -2.14. The maximum absolute atomic E-state index is 12.1. The molecule has 0 radical (unpaired) electrons. The average molecular weight is 286 g/mol. The summed E-state index contributed by atoms with van der Waals surface area (Å²) >= 11 is 1.08. The molecule has 0 spiro atoms. The highest BCUT2D eigenvalue weighted by Crippen LogP contribution is 2.27. The Morgan fingerprint density at radius 2 is 2.22 bits per heavy atom. The predicted molar refractivity (Wildman–Crippen MR) is 68.1 cm³/mol. The summed E-state index contributed by atoms with van der Waals surface area (Å²) in [5, 5.41) is 7.34. The van der Waals surface area contributed by atoms with E-state index in [1.54, 1.807) is 6.07 Å². The highest BCUT2D eigenvalue weighted by atomic mass is 32.2. The number of nitrogen functional groups attached to an aromatic ring is 1. The fourth-order valence-corrected chi connectivity index (χ4v) is 3.19. The zero-order chi connectivity index (χ0) is 13.2. The van der Waals surface area contributed by atoms with E-state index in [1.807, 2.05) is 0 Å². The minimum atomic E-state index is -3.80. The van der Waals surface area contributed by atoms with Crippen LogP contribution in [0.5, 0.6) is 5.75 Å². The van der Waals surface area contributed by atoms with E-state index < -0.39 is 10.0 Å². The highest BCUT2D eigenvalue weighted by molar-refractivity contribution is 7.93. The number of nitrogens with one attached hydrogen (secondary N) is 1. The van der Waals surface area contributed by atoms with Crippen LogP contribution in [0.25, 0.3) is 0 Å². The first-order valence-electron chi connectivity index (χ1n) is 4.75. The number of benzene rings is 1. The largest absolute Gasteiger partial charge is 0.495 e. The summed E-state index contributed by atoms with van der Waals surface area (Å²) in [4.78, 5) is -0.0415. The van der Waals surface area contributed by atoms with Gasteiger partial charge in [0.15, 0.2) is 0 Å². The third-order valence-electron chi connectivity index (χ3n) is 2.06. The van der Waals surface area contributed by atoms with Crippen LogP contribution in [0.4, 0.5) is 10.8 Å². The molecule has 9 heteroatoms. The number of sulfonamides is 1. The normalized spacial score (nSPS) is 11.2. The van der Waals surface area contributed by atoms with E-state index in [1.165, 1.54) is 24.8 Å². The van der Waals surface area contributed by atoms with Crippen molar-refractivity contribution in [2.45, 2.75) is 4.90 Å². The lowest BCUT2D eigenvalue weighted by molar-refractivity contribution is 0.403. The minimum Gasteiger partial charge on any atom is -0.495 e. The zero-order valence-electron chi connectivity index (χ0n) is 9.32. The van der Waals surface area contributed by atoms with Crippen LogP contribution in [0, 0.1) is 0 Å². The molecule has 7 nitrogen and oxygen atoms in total. The van der Waals surface area contributed by atoms with Crippen LogP contribution in [0.15, 0.2) is 28.6 Å². The summed E-state index contributed by atoms with van der Waals surface area (Å²) in [5.41, 5.74) is 7.33. The second-order valence-electron chi connectivity index (χ2n) is 3.26. The Balaban J connectivity index is 2.43. The predicted octanol–water partition coefficient (Wildman–Crippen LogP) is 0.930. The summed E-state index contributed by atoms with van der Waals surface area (Å²) in [7, 11) is -2.41. The van der Waals surface area contributed by atoms with Gasteiger partial charge in [0.25, 0.3) is 10.0 Å². The van der Waals surface area contributed by atoms with Crippen molar-refractivity contribution in [3.63, 3.8) is 0 Å². The summed E-state index contributed by atoms with van der Waals surface area (Å²) in [6, 6.07) is 4.37. The molecule has 1 aromatic carbocycles. The SMILES string of the molecule is COc1ccc(N)cc1S(=O)(=O)Nc1nncs1. The maximum atomic E-state index is 12.1. The van der Waals surface area contributed by atoms with Gasteiger partial charge in [-0.15, -0.1) is 10.2 Å². The van der Waals surface area contributed by atoms with Gasteiger partial charge in [0.1, 0.15) is 16.2 Å². The molecule has 96 valence electrons. The van der Waals surface area contributed by atoms with Gasteiger partial charge in [-0.25, -0.2) is 8.42 Å². The molecule has 18 heavy (non-hydrogen) atoms. The van der Waals surface area contributed by atoms with Gasteiger partial charge in [-0.2, -0.15) is 0 Å². The van der Waals surface area contributed by atoms with Gasteiger partial charge in [0.2, 0.25) is 5.13 Å². The van der Waals surface area contributed by atoms with Crippen molar-refractivity contribution >= 4 is 32.2 Å². The number of hydrogen-bond acceptors (Lipinski definition) is 7. The van der Waals surface area contributed by atoms with Crippen LogP contribution in [0.3, 0.4) is 0 Å². The van der Waals surface area contributed by atoms with Crippen molar-refractivity contribution in [1.82, 2.24) is 10.2 Å². The Bertz CT molecular complexity index is 640. The second-order valence-corrected chi connectivity index (χ2v) is 5.74. The van der Waals surface area contributed by atoms with Crippen molar-refractivity contribution in [3.8, 4) is 5.75 Å². The van der Waals surface area contributed by atoms with E-state index in [0.29, 0.717) is 5.69 Å². The molecular formula is C9H10N4O3S2. The third kappa shape index (κ3) is 2.51. The molecule has 0 atom stereocenters. The highest BCUT2D eigenvalue weighted by Gasteiger charge is 2.21. The van der Waals surface area contributed by atoms with Crippen LogP contribution in [-0.2, 0) is 10.0 Å². The van der Waals surface area contributed by atoms with Crippen molar-refractivity contribution in [2.24, 2.45) is 0 Å². The van der Waals surface area contributed by atoms with Gasteiger partial charge in [-0.3, -0.25) is 4.72 Å².